The van der Waals surface area contributed by atoms with Crippen LogP contribution in [0.4, 0.5) is 0 Å². The van der Waals surface area contributed by atoms with Crippen LogP contribution in [0.5, 0.6) is 0 Å². The minimum absolute atomic E-state index is 1.17. The van der Waals surface area contributed by atoms with E-state index in [1.54, 1.807) is 0 Å². The maximum atomic E-state index is 6.78. The molecule has 0 spiro atoms. The molecule has 0 rings (SSSR count). The molecule has 0 nitrogen and oxygen atoms in total. The molecule has 0 aromatic heterocycles. The Labute approximate surface area is 222 Å². The quantitative estimate of drug-likeness (QED) is 0.0603. The van der Waals surface area contributed by atoms with Crippen molar-refractivity contribution in [2.45, 2.75) is 190 Å². The van der Waals surface area contributed by atoms with Crippen LogP contribution in [0.2, 0.25) is 8.94 Å². The molecular weight excluding hydrogens is 559 g/mol. The molecule has 0 atom stereocenters. The van der Waals surface area contributed by atoms with Gasteiger partial charge in [-0.2, -0.15) is 0 Å². The summed E-state index contributed by atoms with van der Waals surface area (Å²) in [6, 6.07) is 0. The van der Waals surface area contributed by atoms with E-state index < -0.39 is 15.9 Å². The summed E-state index contributed by atoms with van der Waals surface area (Å²) in [5.74, 6) is 0. The molecule has 0 aliphatic heterocycles. The molecule has 0 N–H and O–H groups in total. The van der Waals surface area contributed by atoms with Gasteiger partial charge in [-0.25, -0.2) is 0 Å². The van der Waals surface area contributed by atoms with Crippen LogP contribution in [0, 0.1) is 0 Å². The second-order valence-corrected chi connectivity index (χ2v) is 25.9. The van der Waals surface area contributed by atoms with E-state index in [1.807, 2.05) is 0 Å². The number of hydrogen-bond acceptors (Lipinski definition) is 0. The summed E-state index contributed by atoms with van der Waals surface area (Å²) in [6.45, 7) is 4.59. The zero-order chi connectivity index (χ0) is 24.3. The fourth-order valence-electron chi connectivity index (χ4n) is 4.76. The van der Waals surface area contributed by atoms with Gasteiger partial charge in [0, 0.05) is 0 Å². The van der Waals surface area contributed by atoms with Crippen molar-refractivity contribution in [2.75, 3.05) is 0 Å². The summed E-state index contributed by atoms with van der Waals surface area (Å²) < 4.78 is 2.34. The second kappa shape index (κ2) is 27.9. The molecule has 0 heterocycles. The van der Waals surface area contributed by atoms with Crippen molar-refractivity contribution in [2.24, 2.45) is 0 Å². The van der Waals surface area contributed by atoms with Gasteiger partial charge in [0.2, 0.25) is 0 Å². The van der Waals surface area contributed by atoms with E-state index in [2.05, 4.69) is 13.8 Å². The Morgan fingerprint density at radius 1 is 0.303 bits per heavy atom. The normalized spacial score (nSPS) is 12.5. The fraction of sp³-hybridized carbons (Fsp3) is 1.00. The maximum absolute atomic E-state index is 6.78. The second-order valence-electron chi connectivity index (χ2n) is 10.6. The Balaban J connectivity index is 3.28. The van der Waals surface area contributed by atoms with E-state index in [1.165, 1.54) is 176 Å². The van der Waals surface area contributed by atoms with E-state index in [0.717, 1.165) is 0 Å². The molecule has 0 aromatic rings. The van der Waals surface area contributed by atoms with E-state index in [4.69, 9.17) is 17.9 Å². The van der Waals surface area contributed by atoms with E-state index in [-0.39, 0.29) is 0 Å². The van der Waals surface area contributed by atoms with Crippen molar-refractivity contribution in [3.63, 3.8) is 0 Å². The van der Waals surface area contributed by atoms with Crippen molar-refractivity contribution in [1.29, 1.82) is 0 Å². The zero-order valence-corrected chi connectivity index (χ0v) is 26.8. The first kappa shape index (κ1) is 34.4. The minimum atomic E-state index is -2.50. The first-order valence-corrected chi connectivity index (χ1v) is 24.5. The van der Waals surface area contributed by atoms with Crippen molar-refractivity contribution in [3.8, 4) is 0 Å². The average Bonchev–Trinajstić information content (AvgIpc) is 2.80. The summed E-state index contributed by atoms with van der Waals surface area (Å²) in [5.41, 5.74) is 0. The summed E-state index contributed by atoms with van der Waals surface area (Å²) in [5, 5.41) is 0. The third kappa shape index (κ3) is 29.5. The SMILES string of the molecule is CCCCCCCCCCCCCCC[Te](Cl)(Cl)CCCCCCCCCCCCCCC. The van der Waals surface area contributed by atoms with Crippen LogP contribution in [-0.2, 0) is 0 Å². The Morgan fingerprint density at radius 3 is 0.697 bits per heavy atom. The summed E-state index contributed by atoms with van der Waals surface area (Å²) in [4.78, 5) is 0. The Morgan fingerprint density at radius 2 is 0.485 bits per heavy atom. The van der Waals surface area contributed by atoms with Crippen molar-refractivity contribution in [3.05, 3.63) is 0 Å². The molecule has 0 amide bonds. The van der Waals surface area contributed by atoms with Gasteiger partial charge in [0.15, 0.2) is 0 Å². The van der Waals surface area contributed by atoms with Crippen molar-refractivity contribution in [1.82, 2.24) is 0 Å². The minimum Gasteiger partial charge on any atom is -0.0654 e. The van der Waals surface area contributed by atoms with Crippen LogP contribution >= 0.6 is 17.9 Å². The smallest absolute Gasteiger partial charge is 0.0654 e. The Hall–Kier alpha value is 1.37. The first-order valence-electron chi connectivity index (χ1n) is 15.3. The molecule has 3 heteroatoms. The Kier molecular flexibility index (Phi) is 29.1. The van der Waals surface area contributed by atoms with Gasteiger partial charge in [-0.3, -0.25) is 0 Å². The summed E-state index contributed by atoms with van der Waals surface area (Å²) in [6.07, 6.45) is 36.7. The molecule has 202 valence electrons. The van der Waals surface area contributed by atoms with Gasteiger partial charge in [0.25, 0.3) is 0 Å². The van der Waals surface area contributed by atoms with Crippen LogP contribution < -0.4 is 0 Å². The molecule has 0 fully saturated rings. The van der Waals surface area contributed by atoms with Gasteiger partial charge in [0.05, 0.1) is 0 Å². The predicted octanol–water partition coefficient (Wildman–Crippen LogP) is 13.1. The molecule has 0 bridgehead atoms. The molecule has 0 saturated heterocycles. The molecule has 0 radical (unpaired) electrons. The molecule has 0 unspecified atom stereocenters. The molecule has 0 aliphatic carbocycles. The first-order chi connectivity index (χ1) is 16.1. The molecule has 0 saturated carbocycles. The van der Waals surface area contributed by atoms with Crippen molar-refractivity contribution >= 4 is 33.9 Å². The third-order valence-electron chi connectivity index (χ3n) is 7.09. The van der Waals surface area contributed by atoms with Crippen molar-refractivity contribution < 1.29 is 0 Å². The van der Waals surface area contributed by atoms with E-state index >= 15 is 0 Å². The van der Waals surface area contributed by atoms with E-state index in [0.29, 0.717) is 0 Å². The molecule has 33 heavy (non-hydrogen) atoms. The third-order valence-corrected chi connectivity index (χ3v) is 16.3. The van der Waals surface area contributed by atoms with Gasteiger partial charge >= 0.3 is 184 Å². The summed E-state index contributed by atoms with van der Waals surface area (Å²) in [7, 11) is 13.6. The number of halogens is 2. The number of unbranched alkanes of at least 4 members (excludes halogenated alkanes) is 24. The Bertz CT molecular complexity index is 327. The monoisotopic (exact) mass is 622 g/mol. The van der Waals surface area contributed by atoms with Gasteiger partial charge in [0.1, 0.15) is 0 Å². The zero-order valence-electron chi connectivity index (χ0n) is 23.0. The number of hydrogen-bond donors (Lipinski definition) is 0. The fourth-order valence-corrected chi connectivity index (χ4v) is 11.9. The van der Waals surface area contributed by atoms with Crippen LogP contribution in [-0.4, -0.2) is 15.9 Å². The average molecular weight is 621 g/mol. The van der Waals surface area contributed by atoms with Crippen LogP contribution in [0.3, 0.4) is 0 Å². The summed E-state index contributed by atoms with van der Waals surface area (Å²) >= 11 is -2.50. The topological polar surface area (TPSA) is 0 Å². The van der Waals surface area contributed by atoms with Crippen LogP contribution in [0.1, 0.15) is 181 Å². The predicted molar refractivity (Wildman–Crippen MR) is 158 cm³/mol. The van der Waals surface area contributed by atoms with Gasteiger partial charge in [-0.05, 0) is 0 Å². The van der Waals surface area contributed by atoms with Crippen LogP contribution in [0.15, 0.2) is 0 Å². The van der Waals surface area contributed by atoms with Gasteiger partial charge in [-0.15, -0.1) is 0 Å². The standard InChI is InChI=1S/C30H62Cl2Te/c1-3-5-7-9-11-13-15-17-19-21-23-25-27-29-33(31,32)30-28-26-24-22-20-18-16-14-12-10-8-6-4-2/h3-30H2,1-2H3. The number of rotatable bonds is 28. The van der Waals surface area contributed by atoms with Gasteiger partial charge < -0.3 is 0 Å². The molecule has 0 aliphatic rings. The molecule has 0 aromatic carbocycles. The van der Waals surface area contributed by atoms with E-state index in [9.17, 15) is 0 Å². The molecular formula is C30H62Cl2Te. The van der Waals surface area contributed by atoms with Crippen LogP contribution in [0.25, 0.3) is 0 Å². The van der Waals surface area contributed by atoms with Gasteiger partial charge in [-0.1, -0.05) is 39.5 Å².